The summed E-state index contributed by atoms with van der Waals surface area (Å²) in [5.74, 6) is 2.03. The van der Waals surface area contributed by atoms with E-state index in [1.165, 1.54) is 6.42 Å². The summed E-state index contributed by atoms with van der Waals surface area (Å²) < 4.78 is 5.78. The lowest BCUT2D eigenvalue weighted by molar-refractivity contribution is 0.260. The Morgan fingerprint density at radius 1 is 1.47 bits per heavy atom. The van der Waals surface area contributed by atoms with Crippen LogP contribution in [0.15, 0.2) is 18.2 Å². The summed E-state index contributed by atoms with van der Waals surface area (Å²) in [6.45, 7) is 2.92. The first-order valence-corrected chi connectivity index (χ1v) is 5.90. The maximum Gasteiger partial charge on any atom is 0.153 e. The van der Waals surface area contributed by atoms with E-state index in [-0.39, 0.29) is 0 Å². The predicted octanol–water partition coefficient (Wildman–Crippen LogP) is 1.13. The van der Waals surface area contributed by atoms with Gasteiger partial charge >= 0.3 is 0 Å². The molecule has 0 spiro atoms. The van der Waals surface area contributed by atoms with Gasteiger partial charge in [0.15, 0.2) is 5.82 Å². The molecular weight excluding hydrogens is 216 g/mol. The van der Waals surface area contributed by atoms with E-state index < -0.39 is 0 Å². The molecule has 5 nitrogen and oxygen atoms in total. The van der Waals surface area contributed by atoms with Gasteiger partial charge in [-0.15, -0.1) is 0 Å². The zero-order valence-electron chi connectivity index (χ0n) is 9.57. The van der Waals surface area contributed by atoms with Crippen molar-refractivity contribution >= 4 is 16.7 Å². The molecule has 1 saturated heterocycles. The first kappa shape index (κ1) is 10.4. The number of H-pyrrole nitrogens is 1. The van der Waals surface area contributed by atoms with E-state index >= 15 is 0 Å². The van der Waals surface area contributed by atoms with Gasteiger partial charge in [0.1, 0.15) is 5.75 Å². The number of nitrogens with two attached hydrogens (primary N) is 1. The summed E-state index contributed by atoms with van der Waals surface area (Å²) in [7, 11) is 0. The Balaban J connectivity index is 1.72. The molecule has 0 bridgehead atoms. The van der Waals surface area contributed by atoms with E-state index in [2.05, 4.69) is 15.5 Å². The molecule has 90 valence electrons. The fourth-order valence-electron chi connectivity index (χ4n) is 2.18. The van der Waals surface area contributed by atoms with Crippen LogP contribution in [-0.4, -0.2) is 29.9 Å². The maximum absolute atomic E-state index is 5.78. The number of nitrogen functional groups attached to an aromatic ring is 1. The number of anilines is 1. The number of hydrogen-bond donors (Lipinski definition) is 3. The number of ether oxygens (including phenoxy) is 1. The summed E-state index contributed by atoms with van der Waals surface area (Å²) in [4.78, 5) is 0. The second kappa shape index (κ2) is 4.25. The Morgan fingerprint density at radius 2 is 2.41 bits per heavy atom. The third-order valence-corrected chi connectivity index (χ3v) is 3.21. The highest BCUT2D eigenvalue weighted by Gasteiger charge is 2.15. The van der Waals surface area contributed by atoms with Gasteiger partial charge in [-0.25, -0.2) is 0 Å². The third-order valence-electron chi connectivity index (χ3n) is 3.21. The quantitative estimate of drug-likeness (QED) is 0.741. The van der Waals surface area contributed by atoms with E-state index in [0.29, 0.717) is 11.7 Å². The van der Waals surface area contributed by atoms with Crippen molar-refractivity contribution in [3.63, 3.8) is 0 Å². The molecule has 1 unspecified atom stereocenters. The van der Waals surface area contributed by atoms with Gasteiger partial charge in [0, 0.05) is 23.9 Å². The van der Waals surface area contributed by atoms with Crippen LogP contribution in [0.5, 0.6) is 5.75 Å². The number of nitrogens with zero attached hydrogens (tertiary/aromatic N) is 1. The first-order chi connectivity index (χ1) is 8.33. The van der Waals surface area contributed by atoms with Gasteiger partial charge in [-0.05, 0) is 25.1 Å². The number of fused-ring (bicyclic) bond motifs is 1. The number of hydrogen-bond acceptors (Lipinski definition) is 4. The maximum atomic E-state index is 5.78. The number of aromatic amines is 1. The molecule has 1 aromatic heterocycles. The average molecular weight is 232 g/mol. The minimum Gasteiger partial charge on any atom is -0.493 e. The van der Waals surface area contributed by atoms with Crippen LogP contribution in [0.25, 0.3) is 10.9 Å². The fourth-order valence-corrected chi connectivity index (χ4v) is 2.18. The van der Waals surface area contributed by atoms with Crippen LogP contribution in [0.1, 0.15) is 6.42 Å². The van der Waals surface area contributed by atoms with Crippen molar-refractivity contribution in [3.8, 4) is 5.75 Å². The SMILES string of the molecule is Nc1n[nH]c2cc(OCC3CCNC3)ccc12. The zero-order chi connectivity index (χ0) is 11.7. The Labute approximate surface area is 99.3 Å². The lowest BCUT2D eigenvalue weighted by Crippen LogP contribution is -2.15. The van der Waals surface area contributed by atoms with Gasteiger partial charge in [0.2, 0.25) is 0 Å². The molecule has 2 heterocycles. The van der Waals surface area contributed by atoms with Crippen LogP contribution in [0.4, 0.5) is 5.82 Å². The Bertz CT molecular complexity index is 516. The molecule has 3 rings (SSSR count). The summed E-state index contributed by atoms with van der Waals surface area (Å²) in [6.07, 6.45) is 1.19. The molecule has 17 heavy (non-hydrogen) atoms. The Morgan fingerprint density at radius 3 is 3.24 bits per heavy atom. The molecule has 0 saturated carbocycles. The molecule has 1 aliphatic heterocycles. The van der Waals surface area contributed by atoms with Crippen molar-refractivity contribution < 1.29 is 4.74 Å². The molecular formula is C12H16N4O. The van der Waals surface area contributed by atoms with Gasteiger partial charge < -0.3 is 15.8 Å². The van der Waals surface area contributed by atoms with Crippen molar-refractivity contribution in [2.75, 3.05) is 25.4 Å². The molecule has 1 atom stereocenters. The first-order valence-electron chi connectivity index (χ1n) is 5.90. The highest BCUT2D eigenvalue weighted by molar-refractivity contribution is 5.89. The Kier molecular flexibility index (Phi) is 2.60. The monoisotopic (exact) mass is 232 g/mol. The third kappa shape index (κ3) is 2.06. The van der Waals surface area contributed by atoms with Gasteiger partial charge in [-0.2, -0.15) is 5.10 Å². The number of benzene rings is 1. The number of nitrogens with one attached hydrogen (secondary N) is 2. The number of aromatic nitrogens is 2. The summed E-state index contributed by atoms with van der Waals surface area (Å²) in [5.41, 5.74) is 6.63. The van der Waals surface area contributed by atoms with Gasteiger partial charge in [0.05, 0.1) is 12.1 Å². The minimum absolute atomic E-state index is 0.534. The van der Waals surface area contributed by atoms with Crippen LogP contribution >= 0.6 is 0 Å². The molecule has 4 N–H and O–H groups in total. The van der Waals surface area contributed by atoms with Crippen LogP contribution in [0.3, 0.4) is 0 Å². The average Bonchev–Trinajstić information content (AvgIpc) is 2.97. The van der Waals surface area contributed by atoms with E-state index in [1.807, 2.05) is 18.2 Å². The smallest absolute Gasteiger partial charge is 0.153 e. The molecule has 1 aliphatic rings. The highest BCUT2D eigenvalue weighted by atomic mass is 16.5. The molecule has 0 aliphatic carbocycles. The molecule has 5 heteroatoms. The largest absolute Gasteiger partial charge is 0.493 e. The van der Waals surface area contributed by atoms with Crippen LogP contribution in [-0.2, 0) is 0 Å². The second-order valence-electron chi connectivity index (χ2n) is 4.49. The van der Waals surface area contributed by atoms with Crippen molar-refractivity contribution in [1.82, 2.24) is 15.5 Å². The number of rotatable bonds is 3. The lowest BCUT2D eigenvalue weighted by atomic mass is 10.1. The van der Waals surface area contributed by atoms with Crippen molar-refractivity contribution in [2.24, 2.45) is 5.92 Å². The molecule has 0 amide bonds. The molecule has 2 aromatic rings. The zero-order valence-corrected chi connectivity index (χ0v) is 9.57. The minimum atomic E-state index is 0.534. The molecule has 0 radical (unpaired) electrons. The lowest BCUT2D eigenvalue weighted by Gasteiger charge is -2.10. The standard InChI is InChI=1S/C12H16N4O/c13-12-10-2-1-9(5-11(10)15-16-12)17-7-8-3-4-14-6-8/h1-2,5,8,14H,3-4,6-7H2,(H3,13,15,16). The summed E-state index contributed by atoms with van der Waals surface area (Å²) >= 11 is 0. The topological polar surface area (TPSA) is 76.0 Å². The van der Waals surface area contributed by atoms with Crippen LogP contribution in [0.2, 0.25) is 0 Å². The van der Waals surface area contributed by atoms with Gasteiger partial charge in [-0.3, -0.25) is 5.10 Å². The van der Waals surface area contributed by atoms with E-state index in [0.717, 1.165) is 36.3 Å². The van der Waals surface area contributed by atoms with Gasteiger partial charge in [-0.1, -0.05) is 0 Å². The van der Waals surface area contributed by atoms with Crippen LogP contribution < -0.4 is 15.8 Å². The second-order valence-corrected chi connectivity index (χ2v) is 4.49. The van der Waals surface area contributed by atoms with Crippen molar-refractivity contribution in [3.05, 3.63) is 18.2 Å². The Hall–Kier alpha value is -1.75. The van der Waals surface area contributed by atoms with Crippen molar-refractivity contribution in [2.45, 2.75) is 6.42 Å². The molecule has 1 aromatic carbocycles. The summed E-state index contributed by atoms with van der Waals surface area (Å²) in [5, 5.41) is 11.1. The van der Waals surface area contributed by atoms with Crippen molar-refractivity contribution in [1.29, 1.82) is 0 Å². The summed E-state index contributed by atoms with van der Waals surface area (Å²) in [6, 6.07) is 5.83. The molecule has 1 fully saturated rings. The highest BCUT2D eigenvalue weighted by Crippen LogP contribution is 2.23. The van der Waals surface area contributed by atoms with Crippen LogP contribution in [0, 0.1) is 5.92 Å². The van der Waals surface area contributed by atoms with Gasteiger partial charge in [0.25, 0.3) is 0 Å². The van der Waals surface area contributed by atoms with E-state index in [1.54, 1.807) is 0 Å². The predicted molar refractivity (Wildman–Crippen MR) is 67.0 cm³/mol. The van der Waals surface area contributed by atoms with E-state index in [4.69, 9.17) is 10.5 Å². The fraction of sp³-hybridized carbons (Fsp3) is 0.417. The normalized spacial score (nSPS) is 19.9. The van der Waals surface area contributed by atoms with E-state index in [9.17, 15) is 0 Å².